The van der Waals surface area contributed by atoms with E-state index in [-0.39, 0.29) is 24.6 Å². The Bertz CT molecular complexity index is 351. The van der Waals surface area contributed by atoms with Crippen molar-refractivity contribution >= 4 is 30.5 Å². The molecule has 0 atom stereocenters. The Balaban J connectivity index is 0.000000922. The molecule has 7 heteroatoms. The fourth-order valence-corrected chi connectivity index (χ4v) is 3.59. The largest absolute Gasteiger partial charge is 0.372 e. The molecule has 2 rings (SSSR count). The lowest BCUT2D eigenvalue weighted by atomic mass is 9.61. The molecule has 0 aromatic rings. The Morgan fingerprint density at radius 2 is 1.57 bits per heavy atom. The van der Waals surface area contributed by atoms with Crippen molar-refractivity contribution < 1.29 is 14.4 Å². The van der Waals surface area contributed by atoms with Gasteiger partial charge in [-0.1, -0.05) is 19.3 Å². The number of halogens is 1. The molecule has 0 aromatic heterocycles. The maximum absolute atomic E-state index is 12.2. The second-order valence-electron chi connectivity index (χ2n) is 5.57. The topological polar surface area (TPSA) is 115 Å². The number of ketones is 1. The third kappa shape index (κ3) is 4.97. The first-order chi connectivity index (χ1) is 9.58. The van der Waals surface area contributed by atoms with Crippen molar-refractivity contribution in [2.24, 2.45) is 22.8 Å². The molecule has 6 nitrogen and oxygen atoms in total. The fraction of sp³-hybridized carbons (Fsp3) is 0.786. The highest BCUT2D eigenvalue weighted by Crippen LogP contribution is 2.45. The van der Waals surface area contributed by atoms with E-state index in [0.717, 1.165) is 38.8 Å². The Kier molecular flexibility index (Phi) is 9.21. The Hall–Kier alpha value is -1.14. The molecule has 2 fully saturated rings. The number of primary amides is 2. The highest BCUT2D eigenvalue weighted by molar-refractivity contribution is 6.37. The number of Topliss-reactive ketones (excluding diaryl/α,β-unsaturated/α-hetero) is 1. The van der Waals surface area contributed by atoms with Gasteiger partial charge in [0.2, 0.25) is 12.2 Å². The zero-order chi connectivity index (χ0) is 15.0. The molecule has 1 saturated heterocycles. The molecule has 0 aromatic carbocycles. The van der Waals surface area contributed by atoms with Crippen LogP contribution in [0.25, 0.3) is 0 Å². The first-order valence-electron chi connectivity index (χ1n) is 7.29. The number of hydrogen-bond acceptors (Lipinski definition) is 4. The van der Waals surface area contributed by atoms with E-state index in [2.05, 4.69) is 11.1 Å². The Labute approximate surface area is 131 Å². The van der Waals surface area contributed by atoms with E-state index in [0.29, 0.717) is 5.92 Å². The molecule has 2 aliphatic rings. The minimum Gasteiger partial charge on any atom is -0.372 e. The zero-order valence-electron chi connectivity index (χ0n) is 12.3. The number of piperidine rings is 1. The Morgan fingerprint density at radius 3 is 2.00 bits per heavy atom. The molecule has 21 heavy (non-hydrogen) atoms. The van der Waals surface area contributed by atoms with Gasteiger partial charge < -0.3 is 16.8 Å². The molecule has 2 amide bonds. The molecular formula is C14H26ClN3O3. The van der Waals surface area contributed by atoms with Crippen LogP contribution >= 0.6 is 12.4 Å². The average molecular weight is 320 g/mol. The highest BCUT2D eigenvalue weighted by Gasteiger charge is 2.47. The second kappa shape index (κ2) is 9.73. The van der Waals surface area contributed by atoms with E-state index in [1.807, 2.05) is 0 Å². The number of carbonyl (C=O) groups is 3. The summed E-state index contributed by atoms with van der Waals surface area (Å²) in [4.78, 5) is 32.1. The monoisotopic (exact) mass is 319 g/mol. The normalized spacial score (nSPS) is 21.1. The van der Waals surface area contributed by atoms with E-state index in [4.69, 9.17) is 10.5 Å². The van der Waals surface area contributed by atoms with Crippen LogP contribution in [0.15, 0.2) is 0 Å². The van der Waals surface area contributed by atoms with Gasteiger partial charge in [-0.25, -0.2) is 0 Å². The first-order valence-corrected chi connectivity index (χ1v) is 7.29. The van der Waals surface area contributed by atoms with Crippen LogP contribution < -0.4 is 16.8 Å². The van der Waals surface area contributed by atoms with Gasteiger partial charge >= 0.3 is 0 Å². The van der Waals surface area contributed by atoms with Gasteiger partial charge in [-0.15, -0.1) is 12.4 Å². The predicted octanol–water partition coefficient (Wildman–Crippen LogP) is 0.514. The maximum Gasteiger partial charge on any atom is 0.285 e. The molecule has 0 unspecified atom stereocenters. The summed E-state index contributed by atoms with van der Waals surface area (Å²) in [7, 11) is 0. The van der Waals surface area contributed by atoms with Crippen molar-refractivity contribution in [2.45, 2.75) is 44.9 Å². The molecule has 1 aliphatic heterocycles. The van der Waals surface area contributed by atoms with Crippen LogP contribution in [0.5, 0.6) is 0 Å². The van der Waals surface area contributed by atoms with Crippen molar-refractivity contribution in [3.8, 4) is 0 Å². The Morgan fingerprint density at radius 1 is 1.10 bits per heavy atom. The summed E-state index contributed by atoms with van der Waals surface area (Å²) >= 11 is 0. The van der Waals surface area contributed by atoms with E-state index < -0.39 is 11.3 Å². The minimum absolute atomic E-state index is 0. The number of nitrogens with one attached hydrogen (secondary N) is 1. The van der Waals surface area contributed by atoms with Crippen LogP contribution in [-0.2, 0) is 14.4 Å². The fourth-order valence-electron chi connectivity index (χ4n) is 3.59. The van der Waals surface area contributed by atoms with Gasteiger partial charge in [0.25, 0.3) is 5.91 Å². The number of carbonyl (C=O) groups excluding carboxylic acids is 3. The number of nitrogens with two attached hydrogens (primary N) is 2. The molecule has 1 saturated carbocycles. The molecule has 1 aliphatic carbocycles. The van der Waals surface area contributed by atoms with Crippen LogP contribution in [0.4, 0.5) is 0 Å². The maximum atomic E-state index is 12.2. The van der Waals surface area contributed by atoms with Crippen molar-refractivity contribution in [2.75, 3.05) is 13.1 Å². The van der Waals surface area contributed by atoms with Crippen LogP contribution in [0, 0.1) is 11.3 Å². The van der Waals surface area contributed by atoms with Crippen molar-refractivity contribution in [3.05, 3.63) is 0 Å². The van der Waals surface area contributed by atoms with Crippen molar-refractivity contribution in [1.29, 1.82) is 0 Å². The molecule has 0 radical (unpaired) electrons. The molecule has 1 heterocycles. The van der Waals surface area contributed by atoms with Crippen LogP contribution in [0.1, 0.15) is 44.9 Å². The number of rotatable bonds is 3. The van der Waals surface area contributed by atoms with Crippen molar-refractivity contribution in [1.82, 2.24) is 5.32 Å². The van der Waals surface area contributed by atoms with Gasteiger partial charge in [-0.3, -0.25) is 14.4 Å². The van der Waals surface area contributed by atoms with Gasteiger partial charge in [0.05, 0.1) is 0 Å². The molecule has 0 bridgehead atoms. The highest BCUT2D eigenvalue weighted by atomic mass is 35.5. The summed E-state index contributed by atoms with van der Waals surface area (Å²) < 4.78 is 0. The van der Waals surface area contributed by atoms with Gasteiger partial charge in [0.1, 0.15) is 0 Å². The molecule has 0 spiro atoms. The quantitative estimate of drug-likeness (QED) is 0.519. The van der Waals surface area contributed by atoms with Crippen LogP contribution in [0.3, 0.4) is 0 Å². The summed E-state index contributed by atoms with van der Waals surface area (Å²) in [6.07, 6.45) is 7.60. The van der Waals surface area contributed by atoms with Crippen LogP contribution in [-0.4, -0.2) is 31.2 Å². The standard InChI is InChI=1S/C13H22N2O2.CH3NO.ClH/c14-12(17)11(16)13(6-8-15-9-7-13)10-4-2-1-3-5-10;2-1-3;/h10,15H,1-9H2,(H2,14,17);1H,(H2,2,3);1H. The lowest BCUT2D eigenvalue weighted by Crippen LogP contribution is -2.51. The summed E-state index contributed by atoms with van der Waals surface area (Å²) in [5, 5.41) is 3.27. The second-order valence-corrected chi connectivity index (χ2v) is 5.57. The molecule has 5 N–H and O–H groups in total. The zero-order valence-corrected chi connectivity index (χ0v) is 13.1. The first kappa shape index (κ1) is 19.9. The van der Waals surface area contributed by atoms with Gasteiger partial charge in [-0.05, 0) is 44.7 Å². The molecule has 122 valence electrons. The average Bonchev–Trinajstić information content (AvgIpc) is 2.49. The van der Waals surface area contributed by atoms with Gasteiger partial charge in [0.15, 0.2) is 0 Å². The van der Waals surface area contributed by atoms with E-state index in [1.165, 1.54) is 19.3 Å². The number of hydrogen-bond donors (Lipinski definition) is 3. The third-order valence-electron chi connectivity index (χ3n) is 4.56. The van der Waals surface area contributed by atoms with E-state index >= 15 is 0 Å². The summed E-state index contributed by atoms with van der Waals surface area (Å²) in [5.74, 6) is -0.679. The van der Waals surface area contributed by atoms with Gasteiger partial charge in [-0.2, -0.15) is 0 Å². The van der Waals surface area contributed by atoms with E-state index in [9.17, 15) is 9.59 Å². The number of amides is 2. The smallest absolute Gasteiger partial charge is 0.285 e. The SMILES string of the molecule is Cl.NC(=O)C(=O)C1(C2CCCCC2)CCNCC1.NC=O. The summed E-state index contributed by atoms with van der Waals surface area (Å²) in [6.45, 7) is 1.66. The van der Waals surface area contributed by atoms with Crippen molar-refractivity contribution in [3.63, 3.8) is 0 Å². The third-order valence-corrected chi connectivity index (χ3v) is 4.56. The summed E-state index contributed by atoms with van der Waals surface area (Å²) in [5.41, 5.74) is 8.97. The summed E-state index contributed by atoms with van der Waals surface area (Å²) in [6, 6.07) is 0. The minimum atomic E-state index is -0.738. The predicted molar refractivity (Wildman–Crippen MR) is 82.8 cm³/mol. The van der Waals surface area contributed by atoms with Crippen LogP contribution in [0.2, 0.25) is 0 Å². The molecular weight excluding hydrogens is 294 g/mol. The van der Waals surface area contributed by atoms with Gasteiger partial charge in [0, 0.05) is 5.41 Å². The van der Waals surface area contributed by atoms with E-state index in [1.54, 1.807) is 0 Å². The lowest BCUT2D eigenvalue weighted by Gasteiger charge is -2.43. The lowest BCUT2D eigenvalue weighted by molar-refractivity contribution is -0.146.